The molecule has 4 nitrogen and oxygen atoms in total. The molecule has 0 amide bonds. The minimum Gasteiger partial charge on any atom is -0.393 e. The molecule has 1 fully saturated rings. The van der Waals surface area contributed by atoms with Crippen LogP contribution in [-0.4, -0.2) is 27.5 Å². The average molecular weight is 221 g/mol. The summed E-state index contributed by atoms with van der Waals surface area (Å²) in [7, 11) is 0. The number of rotatable bonds is 5. The monoisotopic (exact) mass is 221 g/mol. The summed E-state index contributed by atoms with van der Waals surface area (Å²) >= 11 is 0. The highest BCUT2D eigenvalue weighted by Gasteiger charge is 2.21. The molecule has 2 N–H and O–H groups in total. The standard InChI is InChI=1S/C12H19N3O/c1-2-15-9-11(8-14-15)7-13-6-10-3-4-12(16)5-10/h2,8-10,12-13,16H,1,3-7H2. The highest BCUT2D eigenvalue weighted by Crippen LogP contribution is 2.24. The quantitative estimate of drug-likeness (QED) is 0.786. The molecule has 1 saturated carbocycles. The lowest BCUT2D eigenvalue weighted by Gasteiger charge is -2.09. The van der Waals surface area contributed by atoms with E-state index in [2.05, 4.69) is 17.0 Å². The lowest BCUT2D eigenvalue weighted by molar-refractivity contribution is 0.177. The molecule has 0 bridgehead atoms. The third kappa shape index (κ3) is 2.93. The van der Waals surface area contributed by atoms with Crippen LogP contribution in [-0.2, 0) is 6.54 Å². The molecule has 1 heterocycles. The summed E-state index contributed by atoms with van der Waals surface area (Å²) in [6.45, 7) is 5.46. The molecule has 0 spiro atoms. The Kier molecular flexibility index (Phi) is 3.74. The fourth-order valence-electron chi connectivity index (χ4n) is 2.22. The number of hydrogen-bond acceptors (Lipinski definition) is 3. The van der Waals surface area contributed by atoms with Crippen molar-refractivity contribution in [1.29, 1.82) is 0 Å². The van der Waals surface area contributed by atoms with E-state index in [9.17, 15) is 5.11 Å². The molecule has 1 aliphatic rings. The van der Waals surface area contributed by atoms with E-state index in [1.165, 1.54) is 5.56 Å². The summed E-state index contributed by atoms with van der Waals surface area (Å²) in [5.74, 6) is 0.629. The summed E-state index contributed by atoms with van der Waals surface area (Å²) in [6.07, 6.45) is 8.45. The second-order valence-electron chi connectivity index (χ2n) is 4.47. The average Bonchev–Trinajstić information content (AvgIpc) is 2.88. The third-order valence-electron chi connectivity index (χ3n) is 3.12. The summed E-state index contributed by atoms with van der Waals surface area (Å²) in [6, 6.07) is 0. The Morgan fingerprint density at radius 1 is 1.62 bits per heavy atom. The Labute approximate surface area is 96.0 Å². The van der Waals surface area contributed by atoms with E-state index in [-0.39, 0.29) is 6.10 Å². The fraction of sp³-hybridized carbons (Fsp3) is 0.583. The zero-order valence-corrected chi connectivity index (χ0v) is 9.47. The minimum absolute atomic E-state index is 0.0738. The van der Waals surface area contributed by atoms with Gasteiger partial charge in [-0.25, -0.2) is 4.68 Å². The maximum Gasteiger partial charge on any atom is 0.0543 e. The summed E-state index contributed by atoms with van der Waals surface area (Å²) in [5.41, 5.74) is 1.17. The maximum absolute atomic E-state index is 9.40. The van der Waals surface area contributed by atoms with E-state index >= 15 is 0 Å². The van der Waals surface area contributed by atoms with Crippen LogP contribution in [0.25, 0.3) is 6.20 Å². The van der Waals surface area contributed by atoms with Crippen molar-refractivity contribution >= 4 is 6.20 Å². The number of aliphatic hydroxyl groups is 1. The summed E-state index contributed by atoms with van der Waals surface area (Å²) in [5, 5.41) is 16.9. The Morgan fingerprint density at radius 2 is 2.50 bits per heavy atom. The SMILES string of the molecule is C=Cn1cc(CNCC2CCC(O)C2)cn1. The van der Waals surface area contributed by atoms with Crippen LogP contribution in [0.3, 0.4) is 0 Å². The Hall–Kier alpha value is -1.13. The highest BCUT2D eigenvalue weighted by molar-refractivity contribution is 5.17. The van der Waals surface area contributed by atoms with Crippen LogP contribution in [0.2, 0.25) is 0 Å². The Balaban J connectivity index is 1.69. The molecular formula is C12H19N3O. The molecule has 2 unspecified atom stereocenters. The van der Waals surface area contributed by atoms with Crippen molar-refractivity contribution in [2.75, 3.05) is 6.54 Å². The second-order valence-corrected chi connectivity index (χ2v) is 4.47. The van der Waals surface area contributed by atoms with E-state index in [4.69, 9.17) is 0 Å². The lowest BCUT2D eigenvalue weighted by atomic mass is 10.1. The van der Waals surface area contributed by atoms with Crippen molar-refractivity contribution in [1.82, 2.24) is 15.1 Å². The molecule has 4 heteroatoms. The molecular weight excluding hydrogens is 202 g/mol. The Morgan fingerprint density at radius 3 is 3.12 bits per heavy atom. The Bertz CT molecular complexity index is 348. The molecule has 88 valence electrons. The van der Waals surface area contributed by atoms with Gasteiger partial charge in [-0.1, -0.05) is 6.58 Å². The molecule has 0 radical (unpaired) electrons. The first-order valence-corrected chi connectivity index (χ1v) is 5.82. The molecule has 0 saturated heterocycles. The van der Waals surface area contributed by atoms with Gasteiger partial charge in [0, 0.05) is 24.5 Å². The van der Waals surface area contributed by atoms with Crippen LogP contribution >= 0.6 is 0 Å². The largest absolute Gasteiger partial charge is 0.393 e. The molecule has 1 aliphatic carbocycles. The van der Waals surface area contributed by atoms with Gasteiger partial charge in [0.15, 0.2) is 0 Å². The zero-order chi connectivity index (χ0) is 11.4. The van der Waals surface area contributed by atoms with Crippen LogP contribution < -0.4 is 5.32 Å². The molecule has 0 aromatic carbocycles. The van der Waals surface area contributed by atoms with Gasteiger partial charge >= 0.3 is 0 Å². The number of aliphatic hydroxyl groups excluding tert-OH is 1. The molecule has 0 aliphatic heterocycles. The smallest absolute Gasteiger partial charge is 0.0543 e. The van der Waals surface area contributed by atoms with Gasteiger partial charge in [-0.3, -0.25) is 0 Å². The number of nitrogens with zero attached hydrogens (tertiary/aromatic N) is 2. The van der Waals surface area contributed by atoms with Gasteiger partial charge in [0.25, 0.3) is 0 Å². The van der Waals surface area contributed by atoms with Crippen molar-refractivity contribution in [3.63, 3.8) is 0 Å². The first-order chi connectivity index (χ1) is 7.78. The van der Waals surface area contributed by atoms with Gasteiger partial charge in [-0.05, 0) is 31.7 Å². The molecule has 2 rings (SSSR count). The predicted molar refractivity (Wildman–Crippen MR) is 63.7 cm³/mol. The second kappa shape index (κ2) is 5.27. The van der Waals surface area contributed by atoms with Crippen molar-refractivity contribution in [3.05, 3.63) is 24.5 Å². The number of nitrogens with one attached hydrogen (secondary N) is 1. The van der Waals surface area contributed by atoms with Crippen LogP contribution in [0, 0.1) is 5.92 Å². The fourth-order valence-corrected chi connectivity index (χ4v) is 2.22. The molecule has 16 heavy (non-hydrogen) atoms. The third-order valence-corrected chi connectivity index (χ3v) is 3.12. The van der Waals surface area contributed by atoms with Crippen molar-refractivity contribution in [2.45, 2.75) is 31.9 Å². The van der Waals surface area contributed by atoms with Crippen LogP contribution in [0.1, 0.15) is 24.8 Å². The summed E-state index contributed by atoms with van der Waals surface area (Å²) in [4.78, 5) is 0. The van der Waals surface area contributed by atoms with Gasteiger partial charge in [-0.15, -0.1) is 0 Å². The van der Waals surface area contributed by atoms with Crippen molar-refractivity contribution < 1.29 is 5.11 Å². The first kappa shape index (κ1) is 11.4. The van der Waals surface area contributed by atoms with Gasteiger partial charge in [0.05, 0.1) is 12.3 Å². The minimum atomic E-state index is -0.0738. The topological polar surface area (TPSA) is 50.1 Å². The normalized spacial score (nSPS) is 24.8. The first-order valence-electron chi connectivity index (χ1n) is 5.82. The zero-order valence-electron chi connectivity index (χ0n) is 9.47. The number of hydrogen-bond donors (Lipinski definition) is 2. The van der Waals surface area contributed by atoms with Crippen molar-refractivity contribution in [2.24, 2.45) is 5.92 Å². The van der Waals surface area contributed by atoms with E-state index in [1.54, 1.807) is 10.9 Å². The van der Waals surface area contributed by atoms with E-state index in [0.29, 0.717) is 5.92 Å². The molecule has 1 aromatic rings. The van der Waals surface area contributed by atoms with Gasteiger partial charge in [-0.2, -0.15) is 5.10 Å². The van der Waals surface area contributed by atoms with Gasteiger partial charge < -0.3 is 10.4 Å². The highest BCUT2D eigenvalue weighted by atomic mass is 16.3. The van der Waals surface area contributed by atoms with Crippen LogP contribution in [0.5, 0.6) is 0 Å². The van der Waals surface area contributed by atoms with E-state index in [1.807, 2.05) is 12.4 Å². The van der Waals surface area contributed by atoms with Crippen LogP contribution in [0.4, 0.5) is 0 Å². The van der Waals surface area contributed by atoms with Crippen LogP contribution in [0.15, 0.2) is 19.0 Å². The van der Waals surface area contributed by atoms with Gasteiger partial charge in [0.1, 0.15) is 0 Å². The van der Waals surface area contributed by atoms with E-state index in [0.717, 1.165) is 32.4 Å². The molecule has 2 atom stereocenters. The van der Waals surface area contributed by atoms with E-state index < -0.39 is 0 Å². The van der Waals surface area contributed by atoms with Gasteiger partial charge in [0.2, 0.25) is 0 Å². The molecule has 1 aromatic heterocycles. The lowest BCUT2D eigenvalue weighted by Crippen LogP contribution is -2.21. The summed E-state index contributed by atoms with van der Waals surface area (Å²) < 4.78 is 1.70. The number of aromatic nitrogens is 2. The predicted octanol–water partition coefficient (Wildman–Crippen LogP) is 1.23. The maximum atomic E-state index is 9.40. The van der Waals surface area contributed by atoms with Crippen molar-refractivity contribution in [3.8, 4) is 0 Å².